The van der Waals surface area contributed by atoms with Gasteiger partial charge in [0.25, 0.3) is 0 Å². The van der Waals surface area contributed by atoms with E-state index < -0.39 is 0 Å². The van der Waals surface area contributed by atoms with E-state index in [1.54, 1.807) is 0 Å². The van der Waals surface area contributed by atoms with Gasteiger partial charge in [0.2, 0.25) is 0 Å². The van der Waals surface area contributed by atoms with Crippen LogP contribution in [0.15, 0.2) is 0 Å². The first-order valence-corrected chi connectivity index (χ1v) is 1.34. The van der Waals surface area contributed by atoms with E-state index in [4.69, 9.17) is 71.0 Å². The van der Waals surface area contributed by atoms with Gasteiger partial charge in [0.1, 0.15) is 0 Å². The maximum absolute atomic E-state index is 6.25. The van der Waals surface area contributed by atoms with Gasteiger partial charge in [-0.05, 0) is 0 Å². The van der Waals surface area contributed by atoms with Gasteiger partial charge < -0.3 is 92.9 Å². The van der Waals surface area contributed by atoms with Crippen molar-refractivity contribution in [2.45, 2.75) is 0 Å². The van der Waals surface area contributed by atoms with E-state index in [1.807, 2.05) is 0 Å². The fourth-order valence-corrected chi connectivity index (χ4v) is 0. The van der Waals surface area contributed by atoms with Crippen molar-refractivity contribution in [3.8, 4) is 0 Å². The first-order chi connectivity index (χ1) is 6.00. The summed E-state index contributed by atoms with van der Waals surface area (Å²) < 4.78 is 0. The van der Waals surface area contributed by atoms with Crippen LogP contribution in [0.2, 0.25) is 0 Å². The minimum atomic E-state index is 0. The van der Waals surface area contributed by atoms with Crippen molar-refractivity contribution in [3.63, 3.8) is 0 Å². The molecule has 21 heavy (non-hydrogen) atoms. The van der Waals surface area contributed by atoms with Gasteiger partial charge in [-0.25, -0.2) is 0 Å². The smallest absolute Gasteiger partial charge is 0.512 e. The Morgan fingerprint density at radius 3 is 0.333 bits per heavy atom. The molecule has 0 aromatic carbocycles. The summed E-state index contributed by atoms with van der Waals surface area (Å²) in [6.07, 6.45) is 0. The molecule has 0 unspecified atom stereocenters. The Labute approximate surface area is 306 Å². The Kier molecular flexibility index (Phi) is 5840. The number of rotatable bonds is 0. The summed E-state index contributed by atoms with van der Waals surface area (Å²) in [6.45, 7) is 28.5. The normalized spacial score (nSPS) is 0.571. The third-order valence-corrected chi connectivity index (χ3v) is 0. The van der Waals surface area contributed by atoms with Crippen LogP contribution < -0.4 is 103 Å². The van der Waals surface area contributed by atoms with E-state index in [0.717, 1.165) is 0 Å². The van der Waals surface area contributed by atoms with Gasteiger partial charge in [0, 0.05) is 103 Å². The largest absolute Gasteiger partial charge is 4.00 e. The van der Waals surface area contributed by atoms with Crippen molar-refractivity contribution in [3.05, 3.63) is 39.4 Å². The molecule has 2 radical (unpaired) electrons. The molecule has 0 aliphatic carbocycles. The Morgan fingerprint density at radius 2 is 0.333 bits per heavy atom. The van der Waals surface area contributed by atoms with Gasteiger partial charge in [-0.15, -0.1) is 0 Å². The van der Waals surface area contributed by atoms with Crippen LogP contribution in [0.3, 0.4) is 0 Å². The topological polar surface area (TPSA) is 269 Å². The summed E-state index contributed by atoms with van der Waals surface area (Å²) in [7, 11) is 0. The Morgan fingerprint density at radius 1 is 0.333 bits per heavy atom. The first-order valence-electron chi connectivity index (χ1n) is 1.34. The van der Waals surface area contributed by atoms with Crippen molar-refractivity contribution in [1.29, 1.82) is 31.6 Å². The van der Waals surface area contributed by atoms with Crippen LogP contribution in [-0.2, 0) is 17.1 Å². The molecular weight excluding hydrogens is 432 g/mol. The van der Waals surface area contributed by atoms with Crippen LogP contribution in [0, 0.1) is 71.0 Å². The van der Waals surface area contributed by atoms with Gasteiger partial charge in [-0.3, -0.25) is 0 Å². The monoisotopic (exact) mass is 440 g/mol. The fourth-order valence-electron chi connectivity index (χ4n) is 0. The molecule has 15 heteroatoms. The van der Waals surface area contributed by atoms with Crippen LogP contribution in [0.1, 0.15) is 0 Å². The van der Waals surface area contributed by atoms with Gasteiger partial charge >= 0.3 is 120 Å². The third-order valence-electron chi connectivity index (χ3n) is 0. The second-order valence-electron chi connectivity index (χ2n) is 0. The van der Waals surface area contributed by atoms with Crippen LogP contribution in [0.5, 0.6) is 0 Å². The molecule has 0 amide bonds. The van der Waals surface area contributed by atoms with E-state index in [1.165, 1.54) is 0 Å². The van der Waals surface area contributed by atoms with E-state index in [0.29, 0.717) is 0 Å². The number of hydrogen-bond acceptors (Lipinski definition) is 6. The molecular formula is C6H8FeK4N6O4. The molecule has 0 aromatic rings. The number of hydrogen-bond donors (Lipinski definition) is 0. The maximum atomic E-state index is 6.25. The van der Waals surface area contributed by atoms with Crippen molar-refractivity contribution >= 4 is 103 Å². The third kappa shape index (κ3) is 770. The molecule has 0 saturated carbocycles. The maximum Gasteiger partial charge on any atom is 4.00 e. The minimum absolute atomic E-state index is 0. The molecule has 0 heterocycles. The molecule has 0 spiro atoms. The average molecular weight is 440 g/mol. The van der Waals surface area contributed by atoms with E-state index in [9.17, 15) is 0 Å². The molecule has 0 fully saturated rings. The van der Waals surface area contributed by atoms with Crippen LogP contribution in [-0.4, -0.2) is 125 Å². The average Bonchev–Trinajstić information content (AvgIpc) is 2.33. The van der Waals surface area contributed by atoms with E-state index >= 15 is 0 Å². The summed E-state index contributed by atoms with van der Waals surface area (Å²) in [5.74, 6) is 0. The second kappa shape index (κ2) is 842. The molecule has 0 saturated heterocycles. The first kappa shape index (κ1) is 146. The van der Waals surface area contributed by atoms with E-state index in [-0.39, 0.29) is 245 Å². The standard InChI is InChI=1S/6CN.Fe.4K.4H2O/c6*1-2;;;;;;;;;/h;;;;;;;;;;;4*1H2/q6*-1;+4;;;2*+1;;;;. The van der Waals surface area contributed by atoms with Gasteiger partial charge in [0.15, 0.2) is 0 Å². The molecule has 98 valence electrons. The summed E-state index contributed by atoms with van der Waals surface area (Å²) in [5.41, 5.74) is 0. The Hall–Kier alpha value is 3.84. The molecule has 0 bridgehead atoms. The predicted molar refractivity (Wildman–Crippen MR) is 55.8 cm³/mol. The summed E-state index contributed by atoms with van der Waals surface area (Å²) in [5, 5.41) is 37.5. The molecule has 8 N–H and O–H groups in total. The van der Waals surface area contributed by atoms with Gasteiger partial charge in [-0.1, -0.05) is 0 Å². The van der Waals surface area contributed by atoms with Crippen LogP contribution in [0.4, 0.5) is 0 Å². The van der Waals surface area contributed by atoms with E-state index in [2.05, 4.69) is 0 Å². The Bertz CT molecular complexity index is 120. The molecule has 0 atom stereocenters. The Balaban J connectivity index is -0.00000000146. The summed E-state index contributed by atoms with van der Waals surface area (Å²) in [4.78, 5) is 0. The van der Waals surface area contributed by atoms with Crippen LogP contribution in [0.25, 0.3) is 0 Å². The number of nitrogens with zero attached hydrogens (tertiary/aromatic N) is 6. The molecule has 0 aliphatic rings. The fraction of sp³-hybridized carbons (Fsp3) is 0. The van der Waals surface area contributed by atoms with Gasteiger partial charge in [0.05, 0.1) is 0 Å². The zero-order valence-corrected chi connectivity index (χ0v) is 25.6. The molecule has 0 aromatic heterocycles. The SMILES string of the molecule is O.O.O.O.[C-]#N.[C-]#N.[C-]#N.[C-]#N.[C-]#N.[C-]#N.[Fe+4].[K+].[K+].[K].[K]. The van der Waals surface area contributed by atoms with Crippen molar-refractivity contribution < 1.29 is 142 Å². The molecule has 0 aliphatic heterocycles. The van der Waals surface area contributed by atoms with Crippen LogP contribution >= 0.6 is 0 Å². The predicted octanol–water partition coefficient (Wildman–Crippen LogP) is -9.48. The summed E-state index contributed by atoms with van der Waals surface area (Å²) in [6, 6.07) is 0. The summed E-state index contributed by atoms with van der Waals surface area (Å²) >= 11 is 0. The molecule has 10 nitrogen and oxygen atoms in total. The molecule has 0 rings (SSSR count). The van der Waals surface area contributed by atoms with Gasteiger partial charge in [-0.2, -0.15) is 0 Å². The minimum Gasteiger partial charge on any atom is -0.512 e. The van der Waals surface area contributed by atoms with Crippen molar-refractivity contribution in [2.75, 3.05) is 0 Å². The van der Waals surface area contributed by atoms with Crippen molar-refractivity contribution in [1.82, 2.24) is 0 Å². The zero-order chi connectivity index (χ0) is 12.0. The van der Waals surface area contributed by atoms with Crippen molar-refractivity contribution in [2.24, 2.45) is 0 Å². The zero-order valence-electron chi connectivity index (χ0n) is 12.0. The second-order valence-corrected chi connectivity index (χ2v) is 0. The quantitative estimate of drug-likeness (QED) is 0.260.